The molecule has 0 amide bonds. The molecule has 0 aliphatic heterocycles. The number of rotatable bonds is 6. The summed E-state index contributed by atoms with van der Waals surface area (Å²) in [5.41, 5.74) is 2.73. The van der Waals surface area contributed by atoms with E-state index in [4.69, 9.17) is 4.74 Å². The summed E-state index contributed by atoms with van der Waals surface area (Å²) in [4.78, 5) is 4.35. The SMILES string of the molecule is CCc1ccccc1Oc1ccc(NCc2c(C)cccc2F)nc1. The first kappa shape index (κ1) is 17.0. The highest BCUT2D eigenvalue weighted by Gasteiger charge is 2.06. The Morgan fingerprint density at radius 3 is 2.60 bits per heavy atom. The van der Waals surface area contributed by atoms with Gasteiger partial charge in [0.1, 0.15) is 23.1 Å². The predicted octanol–water partition coefficient (Wildman–Crippen LogP) is 5.50. The fraction of sp³-hybridized carbons (Fsp3) is 0.190. The molecule has 0 bridgehead atoms. The number of hydrogen-bond acceptors (Lipinski definition) is 3. The van der Waals surface area contributed by atoms with E-state index in [0.717, 1.165) is 23.3 Å². The number of ether oxygens (including phenoxy) is 1. The zero-order valence-electron chi connectivity index (χ0n) is 14.4. The number of hydrogen-bond donors (Lipinski definition) is 1. The van der Waals surface area contributed by atoms with Crippen molar-refractivity contribution in [1.82, 2.24) is 4.98 Å². The Labute approximate surface area is 147 Å². The van der Waals surface area contributed by atoms with Crippen molar-refractivity contribution in [2.75, 3.05) is 5.32 Å². The summed E-state index contributed by atoms with van der Waals surface area (Å²) >= 11 is 0. The third-order valence-corrected chi connectivity index (χ3v) is 4.12. The van der Waals surface area contributed by atoms with Crippen molar-refractivity contribution in [1.29, 1.82) is 0 Å². The van der Waals surface area contributed by atoms with Crippen molar-refractivity contribution >= 4 is 5.82 Å². The van der Waals surface area contributed by atoms with Gasteiger partial charge in [-0.1, -0.05) is 37.3 Å². The lowest BCUT2D eigenvalue weighted by molar-refractivity contribution is 0.474. The van der Waals surface area contributed by atoms with Crippen LogP contribution in [0, 0.1) is 12.7 Å². The predicted molar refractivity (Wildman–Crippen MR) is 98.6 cm³/mol. The summed E-state index contributed by atoms with van der Waals surface area (Å²) < 4.78 is 19.8. The monoisotopic (exact) mass is 336 g/mol. The molecule has 0 aliphatic rings. The van der Waals surface area contributed by atoms with Crippen LogP contribution in [0.15, 0.2) is 60.8 Å². The first-order valence-electron chi connectivity index (χ1n) is 8.37. The van der Waals surface area contributed by atoms with E-state index in [0.29, 0.717) is 23.7 Å². The van der Waals surface area contributed by atoms with Crippen LogP contribution in [-0.4, -0.2) is 4.98 Å². The van der Waals surface area contributed by atoms with Crippen LogP contribution in [0.2, 0.25) is 0 Å². The molecule has 0 spiro atoms. The minimum absolute atomic E-state index is 0.205. The lowest BCUT2D eigenvalue weighted by atomic mass is 10.1. The molecule has 3 aromatic rings. The third kappa shape index (κ3) is 4.15. The van der Waals surface area contributed by atoms with E-state index >= 15 is 0 Å². The largest absolute Gasteiger partial charge is 0.455 e. The highest BCUT2D eigenvalue weighted by atomic mass is 19.1. The molecule has 128 valence electrons. The number of aromatic nitrogens is 1. The van der Waals surface area contributed by atoms with Crippen LogP contribution >= 0.6 is 0 Å². The van der Waals surface area contributed by atoms with Crippen LogP contribution in [0.5, 0.6) is 11.5 Å². The molecule has 0 saturated carbocycles. The molecule has 4 heteroatoms. The fourth-order valence-corrected chi connectivity index (χ4v) is 2.64. The highest BCUT2D eigenvalue weighted by Crippen LogP contribution is 2.25. The number of halogens is 1. The maximum Gasteiger partial charge on any atom is 0.145 e. The molecule has 0 atom stereocenters. The van der Waals surface area contributed by atoms with E-state index in [1.807, 2.05) is 43.3 Å². The summed E-state index contributed by atoms with van der Waals surface area (Å²) in [6.45, 7) is 4.39. The first-order valence-corrected chi connectivity index (χ1v) is 8.37. The molecule has 1 aromatic heterocycles. The highest BCUT2D eigenvalue weighted by molar-refractivity contribution is 5.42. The van der Waals surface area contributed by atoms with E-state index in [9.17, 15) is 4.39 Å². The molecule has 1 N–H and O–H groups in total. The van der Waals surface area contributed by atoms with Gasteiger partial charge in [-0.3, -0.25) is 0 Å². The molecular formula is C21H21FN2O. The quantitative estimate of drug-likeness (QED) is 0.646. The molecule has 0 fully saturated rings. The number of para-hydroxylation sites is 1. The van der Waals surface area contributed by atoms with Crippen molar-refractivity contribution in [3.63, 3.8) is 0 Å². The smallest absolute Gasteiger partial charge is 0.145 e. The van der Waals surface area contributed by atoms with Crippen LogP contribution in [0.4, 0.5) is 10.2 Å². The van der Waals surface area contributed by atoms with Gasteiger partial charge in [-0.15, -0.1) is 0 Å². The first-order chi connectivity index (χ1) is 12.2. The van der Waals surface area contributed by atoms with Crippen molar-refractivity contribution in [2.24, 2.45) is 0 Å². The van der Waals surface area contributed by atoms with Crippen LogP contribution in [0.3, 0.4) is 0 Å². The van der Waals surface area contributed by atoms with E-state index in [2.05, 4.69) is 23.3 Å². The van der Waals surface area contributed by atoms with Crippen LogP contribution in [0.1, 0.15) is 23.6 Å². The van der Waals surface area contributed by atoms with Gasteiger partial charge in [0.05, 0.1) is 6.20 Å². The number of anilines is 1. The second-order valence-electron chi connectivity index (χ2n) is 5.83. The van der Waals surface area contributed by atoms with Gasteiger partial charge in [0.25, 0.3) is 0 Å². The molecule has 0 aliphatic carbocycles. The van der Waals surface area contributed by atoms with E-state index in [-0.39, 0.29) is 5.82 Å². The second kappa shape index (κ2) is 7.79. The zero-order chi connectivity index (χ0) is 17.6. The number of pyridine rings is 1. The minimum Gasteiger partial charge on any atom is -0.455 e. The Hall–Kier alpha value is -2.88. The number of aryl methyl sites for hydroxylation is 2. The molecule has 3 rings (SSSR count). The van der Waals surface area contributed by atoms with E-state index in [1.165, 1.54) is 6.07 Å². The lowest BCUT2D eigenvalue weighted by Gasteiger charge is -2.11. The molecular weight excluding hydrogens is 315 g/mol. The van der Waals surface area contributed by atoms with Crippen LogP contribution < -0.4 is 10.1 Å². The van der Waals surface area contributed by atoms with Gasteiger partial charge in [0.2, 0.25) is 0 Å². The van der Waals surface area contributed by atoms with Crippen molar-refractivity contribution in [3.8, 4) is 11.5 Å². The summed E-state index contributed by atoms with van der Waals surface area (Å²) in [7, 11) is 0. The molecule has 0 unspecified atom stereocenters. The van der Waals surface area contributed by atoms with Crippen molar-refractivity contribution in [2.45, 2.75) is 26.8 Å². The maximum absolute atomic E-state index is 13.9. The summed E-state index contributed by atoms with van der Waals surface area (Å²) in [6.07, 6.45) is 2.58. The van der Waals surface area contributed by atoms with Gasteiger partial charge >= 0.3 is 0 Å². The van der Waals surface area contributed by atoms with Crippen LogP contribution in [0.25, 0.3) is 0 Å². The summed E-state index contributed by atoms with van der Waals surface area (Å²) in [5, 5.41) is 3.15. The maximum atomic E-state index is 13.9. The average molecular weight is 336 g/mol. The molecule has 2 aromatic carbocycles. The third-order valence-electron chi connectivity index (χ3n) is 4.12. The second-order valence-corrected chi connectivity index (χ2v) is 5.83. The van der Waals surface area contributed by atoms with Gasteiger partial charge < -0.3 is 10.1 Å². The fourth-order valence-electron chi connectivity index (χ4n) is 2.64. The van der Waals surface area contributed by atoms with Crippen molar-refractivity contribution in [3.05, 3.63) is 83.3 Å². The Balaban J connectivity index is 1.66. The van der Waals surface area contributed by atoms with Crippen molar-refractivity contribution < 1.29 is 9.13 Å². The summed E-state index contributed by atoms with van der Waals surface area (Å²) in [5.74, 6) is 1.99. The Kier molecular flexibility index (Phi) is 5.29. The Bertz CT molecular complexity index is 827. The average Bonchev–Trinajstić information content (AvgIpc) is 2.63. The number of nitrogens with one attached hydrogen (secondary N) is 1. The minimum atomic E-state index is -0.205. The van der Waals surface area contributed by atoms with Gasteiger partial charge in [-0.25, -0.2) is 9.37 Å². The van der Waals surface area contributed by atoms with Gasteiger partial charge in [-0.2, -0.15) is 0 Å². The summed E-state index contributed by atoms with van der Waals surface area (Å²) in [6, 6.07) is 16.7. The standard InChI is InChI=1S/C21H21FN2O/c1-3-16-8-4-5-10-20(16)25-17-11-12-21(23-13-17)24-14-18-15(2)7-6-9-19(18)22/h4-13H,3,14H2,1-2H3,(H,23,24). The Morgan fingerprint density at radius 2 is 1.88 bits per heavy atom. The Morgan fingerprint density at radius 1 is 1.04 bits per heavy atom. The van der Waals surface area contributed by atoms with Gasteiger partial charge in [-0.05, 0) is 48.7 Å². The van der Waals surface area contributed by atoms with E-state index in [1.54, 1.807) is 12.3 Å². The normalized spacial score (nSPS) is 10.5. The zero-order valence-corrected chi connectivity index (χ0v) is 14.4. The van der Waals surface area contributed by atoms with E-state index < -0.39 is 0 Å². The molecule has 25 heavy (non-hydrogen) atoms. The van der Waals surface area contributed by atoms with Gasteiger partial charge in [0.15, 0.2) is 0 Å². The lowest BCUT2D eigenvalue weighted by Crippen LogP contribution is -2.05. The topological polar surface area (TPSA) is 34.1 Å². The van der Waals surface area contributed by atoms with Crippen LogP contribution in [-0.2, 0) is 13.0 Å². The molecule has 0 radical (unpaired) electrons. The van der Waals surface area contributed by atoms with Gasteiger partial charge in [0, 0.05) is 12.1 Å². The number of benzene rings is 2. The molecule has 1 heterocycles. The molecule has 3 nitrogen and oxygen atoms in total. The number of nitrogens with zero attached hydrogens (tertiary/aromatic N) is 1. The molecule has 0 saturated heterocycles.